The Hall–Kier alpha value is -0.610. The highest BCUT2D eigenvalue weighted by atomic mass is 16.5. The molecule has 1 aliphatic rings. The van der Waals surface area contributed by atoms with Crippen LogP contribution >= 0.6 is 0 Å². The van der Waals surface area contributed by atoms with Gasteiger partial charge in [-0.2, -0.15) is 0 Å². The van der Waals surface area contributed by atoms with Gasteiger partial charge in [-0.1, -0.05) is 20.3 Å². The number of rotatable bonds is 6. The van der Waals surface area contributed by atoms with Gasteiger partial charge < -0.3 is 15.2 Å². The van der Waals surface area contributed by atoms with Gasteiger partial charge in [0.05, 0.1) is 12.7 Å². The predicted molar refractivity (Wildman–Crippen MR) is 66.6 cm³/mol. The summed E-state index contributed by atoms with van der Waals surface area (Å²) < 4.78 is 4.83. The third kappa shape index (κ3) is 4.28. The molecular weight excluding hydrogens is 218 g/mol. The van der Waals surface area contributed by atoms with E-state index in [1.165, 1.54) is 0 Å². The summed E-state index contributed by atoms with van der Waals surface area (Å²) in [5.74, 6) is 0.263. The maximum Gasteiger partial charge on any atom is 0.223 e. The van der Waals surface area contributed by atoms with Crippen molar-refractivity contribution in [3.8, 4) is 0 Å². The number of carbonyl (C=O) groups is 1. The molecule has 0 radical (unpaired) electrons. The topological polar surface area (TPSA) is 58.6 Å². The maximum atomic E-state index is 12.0. The van der Waals surface area contributed by atoms with E-state index in [1.54, 1.807) is 7.11 Å². The van der Waals surface area contributed by atoms with Crippen LogP contribution in [0.1, 0.15) is 39.5 Å². The Labute approximate surface area is 104 Å². The Bertz CT molecular complexity index is 253. The van der Waals surface area contributed by atoms with E-state index in [2.05, 4.69) is 19.2 Å². The van der Waals surface area contributed by atoms with Gasteiger partial charge in [0.1, 0.15) is 0 Å². The molecular formula is C13H25NO3. The van der Waals surface area contributed by atoms with E-state index in [9.17, 15) is 9.90 Å². The van der Waals surface area contributed by atoms with Gasteiger partial charge in [0, 0.05) is 19.6 Å². The van der Waals surface area contributed by atoms with Crippen molar-refractivity contribution in [1.82, 2.24) is 5.32 Å². The number of hydrogen-bond donors (Lipinski definition) is 2. The summed E-state index contributed by atoms with van der Waals surface area (Å²) in [7, 11) is 1.56. The van der Waals surface area contributed by atoms with Crippen molar-refractivity contribution in [3.63, 3.8) is 0 Å². The zero-order chi connectivity index (χ0) is 12.9. The van der Waals surface area contributed by atoms with Crippen molar-refractivity contribution in [2.45, 2.75) is 45.6 Å². The highest BCUT2D eigenvalue weighted by molar-refractivity contribution is 5.79. The second kappa shape index (κ2) is 6.36. The Kier molecular flexibility index (Phi) is 5.40. The quantitative estimate of drug-likeness (QED) is 0.740. The number of amides is 1. The number of methoxy groups -OCH3 is 1. The third-order valence-electron chi connectivity index (χ3n) is 3.71. The average molecular weight is 243 g/mol. The lowest BCUT2D eigenvalue weighted by Crippen LogP contribution is -2.37. The monoisotopic (exact) mass is 243 g/mol. The molecule has 0 aliphatic heterocycles. The summed E-state index contributed by atoms with van der Waals surface area (Å²) in [6.07, 6.45) is 3.30. The zero-order valence-electron chi connectivity index (χ0n) is 11.2. The van der Waals surface area contributed by atoms with E-state index < -0.39 is 6.10 Å². The lowest BCUT2D eigenvalue weighted by molar-refractivity contribution is -0.127. The number of hydrogen-bond acceptors (Lipinski definition) is 3. The molecule has 0 aromatic rings. The Morgan fingerprint density at radius 2 is 2.29 bits per heavy atom. The van der Waals surface area contributed by atoms with Crippen LogP contribution < -0.4 is 5.32 Å². The van der Waals surface area contributed by atoms with Gasteiger partial charge in [0.2, 0.25) is 5.91 Å². The first-order valence-electron chi connectivity index (χ1n) is 6.42. The molecule has 4 nitrogen and oxygen atoms in total. The molecule has 100 valence electrons. The lowest BCUT2D eigenvalue weighted by Gasteiger charge is -2.26. The summed E-state index contributed by atoms with van der Waals surface area (Å²) in [6.45, 7) is 5.16. The van der Waals surface area contributed by atoms with Crippen LogP contribution in [0.2, 0.25) is 0 Å². The molecule has 17 heavy (non-hydrogen) atoms. The highest BCUT2D eigenvalue weighted by Gasteiger charge is 2.38. The van der Waals surface area contributed by atoms with Crippen molar-refractivity contribution in [3.05, 3.63) is 0 Å². The number of aliphatic hydroxyl groups is 1. The fourth-order valence-electron chi connectivity index (χ4n) is 2.57. The Morgan fingerprint density at radius 3 is 2.82 bits per heavy atom. The molecule has 1 saturated carbocycles. The normalized spacial score (nSPS) is 24.6. The predicted octanol–water partition coefficient (Wildman–Crippen LogP) is 1.33. The van der Waals surface area contributed by atoms with E-state index in [-0.39, 0.29) is 17.2 Å². The molecule has 0 bridgehead atoms. The van der Waals surface area contributed by atoms with Crippen molar-refractivity contribution in [2.24, 2.45) is 11.3 Å². The summed E-state index contributed by atoms with van der Waals surface area (Å²) in [6, 6.07) is 0. The second-order valence-corrected chi connectivity index (χ2v) is 5.62. The lowest BCUT2D eigenvalue weighted by atomic mass is 9.81. The molecule has 1 rings (SSSR count). The first-order chi connectivity index (χ1) is 7.97. The first kappa shape index (κ1) is 14.5. The minimum Gasteiger partial charge on any atom is -0.391 e. The van der Waals surface area contributed by atoms with Crippen LogP contribution in [0.5, 0.6) is 0 Å². The van der Waals surface area contributed by atoms with Crippen LogP contribution in [0.4, 0.5) is 0 Å². The molecule has 1 aliphatic carbocycles. The largest absolute Gasteiger partial charge is 0.391 e. The summed E-state index contributed by atoms with van der Waals surface area (Å²) in [5.41, 5.74) is 0.120. The SMILES string of the molecule is COCC(O)CCNC(=O)C1CCCC1(C)C. The molecule has 2 unspecified atom stereocenters. The second-order valence-electron chi connectivity index (χ2n) is 5.62. The van der Waals surface area contributed by atoms with Gasteiger partial charge in [0.15, 0.2) is 0 Å². The van der Waals surface area contributed by atoms with E-state index in [4.69, 9.17) is 4.74 Å². The smallest absolute Gasteiger partial charge is 0.223 e. The molecule has 0 spiro atoms. The summed E-state index contributed by atoms with van der Waals surface area (Å²) in [5, 5.41) is 12.4. The van der Waals surface area contributed by atoms with Crippen molar-refractivity contribution in [1.29, 1.82) is 0 Å². The fraction of sp³-hybridized carbons (Fsp3) is 0.923. The summed E-state index contributed by atoms with van der Waals surface area (Å²) in [4.78, 5) is 12.0. The van der Waals surface area contributed by atoms with Crippen LogP contribution in [0, 0.1) is 11.3 Å². The molecule has 0 aromatic heterocycles. The highest BCUT2D eigenvalue weighted by Crippen LogP contribution is 2.42. The molecule has 0 aromatic carbocycles. The van der Waals surface area contributed by atoms with E-state index in [1.807, 2.05) is 0 Å². The van der Waals surface area contributed by atoms with E-state index in [0.29, 0.717) is 19.6 Å². The Morgan fingerprint density at radius 1 is 1.59 bits per heavy atom. The van der Waals surface area contributed by atoms with Crippen molar-refractivity contribution in [2.75, 3.05) is 20.3 Å². The summed E-state index contributed by atoms with van der Waals surface area (Å²) >= 11 is 0. The number of carbonyl (C=O) groups excluding carboxylic acids is 1. The number of nitrogens with one attached hydrogen (secondary N) is 1. The van der Waals surface area contributed by atoms with E-state index >= 15 is 0 Å². The molecule has 1 amide bonds. The van der Waals surface area contributed by atoms with Gasteiger partial charge >= 0.3 is 0 Å². The van der Waals surface area contributed by atoms with Gasteiger partial charge in [0.25, 0.3) is 0 Å². The number of ether oxygens (including phenoxy) is 1. The van der Waals surface area contributed by atoms with Crippen LogP contribution in [0.3, 0.4) is 0 Å². The third-order valence-corrected chi connectivity index (χ3v) is 3.71. The minimum atomic E-state index is -0.489. The van der Waals surface area contributed by atoms with Gasteiger partial charge in [-0.3, -0.25) is 4.79 Å². The van der Waals surface area contributed by atoms with Gasteiger partial charge in [-0.15, -0.1) is 0 Å². The van der Waals surface area contributed by atoms with Crippen LogP contribution in [0.15, 0.2) is 0 Å². The molecule has 4 heteroatoms. The van der Waals surface area contributed by atoms with Crippen molar-refractivity contribution < 1.29 is 14.6 Å². The first-order valence-corrected chi connectivity index (χ1v) is 6.42. The molecule has 2 atom stereocenters. The molecule has 0 heterocycles. The van der Waals surface area contributed by atoms with Crippen LogP contribution in [-0.4, -0.2) is 37.4 Å². The molecule has 2 N–H and O–H groups in total. The fourth-order valence-corrected chi connectivity index (χ4v) is 2.57. The average Bonchev–Trinajstić information content (AvgIpc) is 2.58. The van der Waals surface area contributed by atoms with Crippen molar-refractivity contribution >= 4 is 5.91 Å². The standard InChI is InChI=1S/C13H25NO3/c1-13(2)7-4-5-11(13)12(16)14-8-6-10(15)9-17-3/h10-11,15H,4-9H2,1-3H3,(H,14,16). The zero-order valence-corrected chi connectivity index (χ0v) is 11.2. The minimum absolute atomic E-state index is 0.120. The molecule has 1 fully saturated rings. The Balaban J connectivity index is 2.26. The van der Waals surface area contributed by atoms with Gasteiger partial charge in [-0.05, 0) is 24.7 Å². The van der Waals surface area contributed by atoms with Crippen LogP contribution in [-0.2, 0) is 9.53 Å². The maximum absolute atomic E-state index is 12.0. The number of aliphatic hydroxyl groups excluding tert-OH is 1. The van der Waals surface area contributed by atoms with E-state index in [0.717, 1.165) is 19.3 Å². The van der Waals surface area contributed by atoms with Gasteiger partial charge in [-0.25, -0.2) is 0 Å². The molecule has 0 saturated heterocycles. The van der Waals surface area contributed by atoms with Crippen LogP contribution in [0.25, 0.3) is 0 Å².